The number of nitrogens with zero attached hydrogens (tertiary/aromatic N) is 1. The Hall–Kier alpha value is -1.79. The summed E-state index contributed by atoms with van der Waals surface area (Å²) in [6.07, 6.45) is -4.73. The molecule has 0 fully saturated rings. The van der Waals surface area contributed by atoms with Gasteiger partial charge < -0.3 is 0 Å². The highest BCUT2D eigenvalue weighted by atomic mass is 32.2. The summed E-state index contributed by atoms with van der Waals surface area (Å²) in [6.45, 7) is 1.62. The molecule has 0 saturated carbocycles. The lowest BCUT2D eigenvalue weighted by Gasteiger charge is -2.12. The Morgan fingerprint density at radius 3 is 2.47 bits per heavy atom. The topological polar surface area (TPSA) is 82.0 Å². The highest BCUT2D eigenvalue weighted by Crippen LogP contribution is 2.33. The highest BCUT2D eigenvalue weighted by Gasteiger charge is 2.34. The van der Waals surface area contributed by atoms with E-state index in [0.717, 1.165) is 12.1 Å². The highest BCUT2D eigenvalue weighted by molar-refractivity contribution is 7.90. The molecule has 0 aliphatic carbocycles. The second kappa shape index (κ2) is 5.46. The summed E-state index contributed by atoms with van der Waals surface area (Å²) in [5.41, 5.74) is -2.03. The van der Waals surface area contributed by atoms with Gasteiger partial charge in [0.05, 0.1) is 22.9 Å². The van der Waals surface area contributed by atoms with Crippen molar-refractivity contribution in [2.75, 3.05) is 11.3 Å². The maximum absolute atomic E-state index is 12.7. The quantitative estimate of drug-likeness (QED) is 0.888. The molecule has 2 N–H and O–H groups in total. The molecule has 0 aliphatic rings. The molecule has 1 aromatic carbocycles. The van der Waals surface area contributed by atoms with E-state index >= 15 is 0 Å². The second-order valence-electron chi connectivity index (χ2n) is 3.47. The average Bonchev–Trinajstić information content (AvgIpc) is 2.27. The van der Waals surface area contributed by atoms with Gasteiger partial charge in [0, 0.05) is 6.54 Å². The molecule has 0 heterocycles. The number of rotatable bonds is 4. The maximum atomic E-state index is 12.7. The minimum Gasteiger partial charge on any atom is -0.271 e. The summed E-state index contributed by atoms with van der Waals surface area (Å²) in [5, 5.41) is 8.59. The third-order valence-corrected chi connectivity index (χ3v) is 3.21. The van der Waals surface area contributed by atoms with Crippen molar-refractivity contribution in [1.82, 2.24) is 4.72 Å². The summed E-state index contributed by atoms with van der Waals surface area (Å²) in [6, 6.07) is 3.98. The van der Waals surface area contributed by atoms with Gasteiger partial charge >= 0.3 is 6.18 Å². The van der Waals surface area contributed by atoms with Crippen LogP contribution in [0.25, 0.3) is 0 Å². The normalized spacial score (nSPS) is 11.9. The summed E-state index contributed by atoms with van der Waals surface area (Å²) < 4.78 is 64.7. The molecule has 5 nitrogen and oxygen atoms in total. The lowest BCUT2D eigenvalue weighted by molar-refractivity contribution is -0.137. The molecule has 0 spiro atoms. The Morgan fingerprint density at radius 1 is 1.37 bits per heavy atom. The molecule has 0 amide bonds. The molecule has 0 bridgehead atoms. The Morgan fingerprint density at radius 2 is 2.00 bits per heavy atom. The molecule has 104 valence electrons. The molecule has 0 saturated heterocycles. The molecule has 1 aromatic rings. The fourth-order valence-corrected chi connectivity index (χ4v) is 2.21. The molecule has 0 aliphatic heterocycles. The van der Waals surface area contributed by atoms with Crippen LogP contribution in [0.1, 0.15) is 18.1 Å². The standard InChI is InChI=1S/C10H10F3N3O2S/c1-2-15-19(17,18)16-8-4-3-7(6-14)9(5-8)10(11,12)13/h3-5,15-16H,2H2,1H3. The van der Waals surface area contributed by atoms with E-state index in [1.165, 1.54) is 13.0 Å². The zero-order valence-electron chi connectivity index (χ0n) is 9.75. The molecule has 9 heteroatoms. The summed E-state index contributed by atoms with van der Waals surface area (Å²) in [4.78, 5) is 0. The van der Waals surface area contributed by atoms with E-state index in [0.29, 0.717) is 6.07 Å². The van der Waals surface area contributed by atoms with Gasteiger partial charge in [0.25, 0.3) is 10.2 Å². The fraction of sp³-hybridized carbons (Fsp3) is 0.300. The van der Waals surface area contributed by atoms with Crippen LogP contribution < -0.4 is 9.44 Å². The van der Waals surface area contributed by atoms with Crippen molar-refractivity contribution in [2.45, 2.75) is 13.1 Å². The van der Waals surface area contributed by atoms with Gasteiger partial charge in [-0.05, 0) is 18.2 Å². The molecule has 0 radical (unpaired) electrons. The first-order valence-electron chi connectivity index (χ1n) is 5.08. The average molecular weight is 293 g/mol. The number of anilines is 1. The monoisotopic (exact) mass is 293 g/mol. The van der Waals surface area contributed by atoms with Gasteiger partial charge in [-0.2, -0.15) is 31.6 Å². The molecule has 1 rings (SSSR count). The van der Waals surface area contributed by atoms with Crippen LogP contribution in [0.15, 0.2) is 18.2 Å². The first-order valence-corrected chi connectivity index (χ1v) is 6.56. The fourth-order valence-electron chi connectivity index (χ4n) is 1.32. The first-order chi connectivity index (χ1) is 8.69. The van der Waals surface area contributed by atoms with Crippen LogP contribution >= 0.6 is 0 Å². The zero-order chi connectivity index (χ0) is 14.7. The van der Waals surface area contributed by atoms with Crippen LogP contribution in [0, 0.1) is 11.3 Å². The molecular formula is C10H10F3N3O2S. The predicted octanol–water partition coefficient (Wildman–Crippen LogP) is 1.84. The van der Waals surface area contributed by atoms with Crippen molar-refractivity contribution < 1.29 is 21.6 Å². The zero-order valence-corrected chi connectivity index (χ0v) is 10.6. The first kappa shape index (κ1) is 15.3. The van der Waals surface area contributed by atoms with Crippen molar-refractivity contribution >= 4 is 15.9 Å². The Kier molecular flexibility index (Phi) is 4.39. The van der Waals surface area contributed by atoms with E-state index in [1.807, 2.05) is 4.72 Å². The molecule has 0 unspecified atom stereocenters. The van der Waals surface area contributed by atoms with Gasteiger partial charge in [-0.3, -0.25) is 4.72 Å². The van der Waals surface area contributed by atoms with E-state index < -0.39 is 27.5 Å². The maximum Gasteiger partial charge on any atom is 0.417 e. The molecule has 0 aromatic heterocycles. The van der Waals surface area contributed by atoms with Crippen LogP contribution in [0.5, 0.6) is 0 Å². The lowest BCUT2D eigenvalue weighted by Crippen LogP contribution is -2.29. The van der Waals surface area contributed by atoms with Gasteiger partial charge in [-0.25, -0.2) is 0 Å². The third kappa shape index (κ3) is 4.11. The van der Waals surface area contributed by atoms with Gasteiger partial charge in [-0.1, -0.05) is 6.92 Å². The van der Waals surface area contributed by atoms with Gasteiger partial charge in [0.15, 0.2) is 0 Å². The predicted molar refractivity (Wildman–Crippen MR) is 62.4 cm³/mol. The smallest absolute Gasteiger partial charge is 0.271 e. The number of halogens is 3. The van der Waals surface area contributed by atoms with Gasteiger partial charge in [0.2, 0.25) is 0 Å². The minimum absolute atomic E-state index is 0.0950. The van der Waals surface area contributed by atoms with Crippen molar-refractivity contribution in [3.63, 3.8) is 0 Å². The number of nitrogens with one attached hydrogen (secondary N) is 2. The van der Waals surface area contributed by atoms with Gasteiger partial charge in [-0.15, -0.1) is 0 Å². The van der Waals surface area contributed by atoms with E-state index in [4.69, 9.17) is 5.26 Å². The van der Waals surface area contributed by atoms with Crippen molar-refractivity contribution in [3.8, 4) is 6.07 Å². The summed E-state index contributed by atoms with van der Waals surface area (Å²) in [5.74, 6) is 0. The molecular weight excluding hydrogens is 283 g/mol. The largest absolute Gasteiger partial charge is 0.417 e. The van der Waals surface area contributed by atoms with Crippen LogP contribution in [0.3, 0.4) is 0 Å². The van der Waals surface area contributed by atoms with Crippen LogP contribution in [0.4, 0.5) is 18.9 Å². The third-order valence-electron chi connectivity index (χ3n) is 2.03. The number of alkyl halides is 3. The second-order valence-corrected chi connectivity index (χ2v) is 4.97. The summed E-state index contributed by atoms with van der Waals surface area (Å²) in [7, 11) is -3.92. The van der Waals surface area contributed by atoms with Crippen molar-refractivity contribution in [3.05, 3.63) is 29.3 Å². The van der Waals surface area contributed by atoms with Crippen molar-refractivity contribution in [1.29, 1.82) is 5.26 Å². The van der Waals surface area contributed by atoms with E-state index in [9.17, 15) is 21.6 Å². The van der Waals surface area contributed by atoms with Crippen LogP contribution in [-0.2, 0) is 16.4 Å². The number of nitriles is 1. The van der Waals surface area contributed by atoms with E-state index in [1.54, 1.807) is 0 Å². The van der Waals surface area contributed by atoms with Crippen molar-refractivity contribution in [2.24, 2.45) is 0 Å². The number of benzene rings is 1. The molecule has 19 heavy (non-hydrogen) atoms. The summed E-state index contributed by atoms with van der Waals surface area (Å²) >= 11 is 0. The number of hydrogen-bond donors (Lipinski definition) is 2. The Balaban J connectivity index is 3.18. The van der Waals surface area contributed by atoms with E-state index in [2.05, 4.69) is 4.72 Å². The minimum atomic E-state index is -4.73. The lowest BCUT2D eigenvalue weighted by atomic mass is 10.1. The van der Waals surface area contributed by atoms with Gasteiger partial charge in [0.1, 0.15) is 0 Å². The molecule has 0 atom stereocenters. The van der Waals surface area contributed by atoms with E-state index in [-0.39, 0.29) is 12.2 Å². The number of hydrogen-bond acceptors (Lipinski definition) is 3. The Labute approximate surface area is 108 Å². The van der Waals surface area contributed by atoms with Crippen LogP contribution in [0.2, 0.25) is 0 Å². The van der Waals surface area contributed by atoms with Crippen LogP contribution in [-0.4, -0.2) is 15.0 Å². The SMILES string of the molecule is CCNS(=O)(=O)Nc1ccc(C#N)c(C(F)(F)F)c1. The Bertz CT molecular complexity index is 605.